The number of pyridine rings is 1. The largest absolute Gasteiger partial charge is 0.398 e. The first-order valence-corrected chi connectivity index (χ1v) is 5.78. The fourth-order valence-electron chi connectivity index (χ4n) is 2.00. The zero-order valence-electron chi connectivity index (χ0n) is 10.2. The van der Waals surface area contributed by atoms with Crippen LogP contribution in [-0.4, -0.2) is 4.98 Å². The molecule has 0 fully saturated rings. The third kappa shape index (κ3) is 1.75. The maximum Gasteiger partial charge on any atom is 0.0757 e. The van der Waals surface area contributed by atoms with Gasteiger partial charge in [-0.05, 0) is 37.5 Å². The van der Waals surface area contributed by atoms with Crippen molar-refractivity contribution in [1.29, 1.82) is 0 Å². The highest BCUT2D eigenvalue weighted by atomic mass is 14.7. The molecule has 0 bridgehead atoms. The lowest BCUT2D eigenvalue weighted by atomic mass is 10.0. The van der Waals surface area contributed by atoms with E-state index in [9.17, 15) is 0 Å². The van der Waals surface area contributed by atoms with E-state index < -0.39 is 0 Å². The first-order valence-electron chi connectivity index (χ1n) is 5.78. The summed E-state index contributed by atoms with van der Waals surface area (Å²) in [6.45, 7) is 6.38. The van der Waals surface area contributed by atoms with E-state index in [4.69, 9.17) is 10.7 Å². The molecule has 0 aliphatic heterocycles. The second-order valence-corrected chi connectivity index (χ2v) is 4.36. The summed E-state index contributed by atoms with van der Waals surface area (Å²) in [5, 5.41) is 1.07. The molecule has 0 saturated heterocycles. The number of anilines is 1. The number of aryl methyl sites for hydroxylation is 3. The zero-order valence-corrected chi connectivity index (χ0v) is 10.2. The van der Waals surface area contributed by atoms with E-state index >= 15 is 0 Å². The van der Waals surface area contributed by atoms with Gasteiger partial charge in [0.25, 0.3) is 0 Å². The van der Waals surface area contributed by atoms with E-state index in [1.54, 1.807) is 0 Å². The topological polar surface area (TPSA) is 38.9 Å². The average Bonchev–Trinajstić information content (AvgIpc) is 2.25. The van der Waals surface area contributed by atoms with Crippen molar-refractivity contribution in [2.75, 3.05) is 5.73 Å². The van der Waals surface area contributed by atoms with E-state index in [0.717, 1.165) is 35.1 Å². The molecular weight excluding hydrogens is 196 g/mol. The number of nitrogen functional groups attached to an aromatic ring is 1. The third-order valence-corrected chi connectivity index (χ3v) is 3.10. The molecule has 2 heteroatoms. The highest BCUT2D eigenvalue weighted by Gasteiger charge is 2.06. The summed E-state index contributed by atoms with van der Waals surface area (Å²) in [6, 6.07) is 6.17. The zero-order chi connectivity index (χ0) is 11.7. The lowest BCUT2D eigenvalue weighted by molar-refractivity contribution is 0.890. The number of hydrogen-bond donors (Lipinski definition) is 1. The minimum Gasteiger partial charge on any atom is -0.398 e. The van der Waals surface area contributed by atoms with Crippen molar-refractivity contribution in [2.24, 2.45) is 0 Å². The number of nitrogens with zero attached hydrogens (tertiary/aromatic N) is 1. The number of rotatable bonds is 2. The Bertz CT molecular complexity index is 530. The molecule has 0 aliphatic carbocycles. The van der Waals surface area contributed by atoms with Gasteiger partial charge in [-0.1, -0.05) is 25.5 Å². The molecule has 0 unspecified atom stereocenters. The summed E-state index contributed by atoms with van der Waals surface area (Å²) in [6.07, 6.45) is 2.09. The average molecular weight is 214 g/mol. The van der Waals surface area contributed by atoms with Gasteiger partial charge >= 0.3 is 0 Å². The van der Waals surface area contributed by atoms with Crippen molar-refractivity contribution in [3.05, 3.63) is 35.0 Å². The van der Waals surface area contributed by atoms with Crippen molar-refractivity contribution in [3.63, 3.8) is 0 Å². The Kier molecular flexibility index (Phi) is 2.82. The maximum atomic E-state index is 6.07. The third-order valence-electron chi connectivity index (χ3n) is 3.10. The van der Waals surface area contributed by atoms with Crippen LogP contribution in [0.25, 0.3) is 10.9 Å². The molecule has 0 saturated carbocycles. The van der Waals surface area contributed by atoms with Gasteiger partial charge in [-0.25, -0.2) is 0 Å². The predicted octanol–water partition coefficient (Wildman–Crippen LogP) is 3.39. The Labute approximate surface area is 96.5 Å². The first kappa shape index (κ1) is 10.9. The Morgan fingerprint density at radius 3 is 2.69 bits per heavy atom. The molecule has 0 atom stereocenters. The van der Waals surface area contributed by atoms with Crippen LogP contribution in [-0.2, 0) is 6.42 Å². The van der Waals surface area contributed by atoms with E-state index in [1.807, 2.05) is 6.07 Å². The SMILES string of the molecule is CCCc1cc(N)c2ccc(C)c(C)c2n1. The molecule has 1 aromatic carbocycles. The monoisotopic (exact) mass is 214 g/mol. The minimum absolute atomic E-state index is 0.844. The number of fused-ring (bicyclic) bond motifs is 1. The Hall–Kier alpha value is -1.57. The second-order valence-electron chi connectivity index (χ2n) is 4.36. The van der Waals surface area contributed by atoms with Gasteiger partial charge < -0.3 is 5.73 Å². The molecule has 2 N–H and O–H groups in total. The summed E-state index contributed by atoms with van der Waals surface area (Å²) >= 11 is 0. The lowest BCUT2D eigenvalue weighted by Gasteiger charge is -2.09. The first-order chi connectivity index (χ1) is 7.63. The fraction of sp³-hybridized carbons (Fsp3) is 0.357. The molecule has 84 valence electrons. The standard InChI is InChI=1S/C14H18N2/c1-4-5-11-8-13(15)12-7-6-9(2)10(3)14(12)16-11/h6-8H,4-5H2,1-3H3,(H2,15,16). The molecule has 1 heterocycles. The highest BCUT2D eigenvalue weighted by Crippen LogP contribution is 2.25. The quantitative estimate of drug-likeness (QED) is 0.832. The molecule has 2 nitrogen and oxygen atoms in total. The highest BCUT2D eigenvalue weighted by molar-refractivity contribution is 5.92. The van der Waals surface area contributed by atoms with Crippen LogP contribution >= 0.6 is 0 Å². The Morgan fingerprint density at radius 1 is 1.25 bits per heavy atom. The Morgan fingerprint density at radius 2 is 2.00 bits per heavy atom. The summed E-state index contributed by atoms with van der Waals surface area (Å²) < 4.78 is 0. The van der Waals surface area contributed by atoms with Gasteiger partial charge in [0.1, 0.15) is 0 Å². The predicted molar refractivity (Wildman–Crippen MR) is 69.6 cm³/mol. The molecule has 0 aliphatic rings. The van der Waals surface area contributed by atoms with Crippen LogP contribution in [0.3, 0.4) is 0 Å². The maximum absolute atomic E-state index is 6.07. The van der Waals surface area contributed by atoms with Crippen molar-refractivity contribution >= 4 is 16.6 Å². The summed E-state index contributed by atoms with van der Waals surface area (Å²) in [5.41, 5.74) is 11.6. The summed E-state index contributed by atoms with van der Waals surface area (Å²) in [7, 11) is 0. The van der Waals surface area contributed by atoms with Gasteiger partial charge in [0.15, 0.2) is 0 Å². The number of hydrogen-bond acceptors (Lipinski definition) is 2. The number of aromatic nitrogens is 1. The van der Waals surface area contributed by atoms with Crippen molar-refractivity contribution < 1.29 is 0 Å². The number of nitrogens with two attached hydrogens (primary N) is 1. The van der Waals surface area contributed by atoms with Gasteiger partial charge in [-0.15, -0.1) is 0 Å². The van der Waals surface area contributed by atoms with Gasteiger partial charge in [-0.2, -0.15) is 0 Å². The van der Waals surface area contributed by atoms with Gasteiger partial charge in [0.05, 0.1) is 5.52 Å². The normalized spacial score (nSPS) is 10.9. The molecule has 16 heavy (non-hydrogen) atoms. The van der Waals surface area contributed by atoms with E-state index in [1.165, 1.54) is 11.1 Å². The van der Waals surface area contributed by atoms with Gasteiger partial charge in [-0.3, -0.25) is 4.98 Å². The second kappa shape index (κ2) is 4.12. The number of benzene rings is 1. The van der Waals surface area contributed by atoms with Crippen molar-refractivity contribution in [3.8, 4) is 0 Å². The van der Waals surface area contributed by atoms with E-state index in [2.05, 4.69) is 32.9 Å². The van der Waals surface area contributed by atoms with Crippen LogP contribution in [0, 0.1) is 13.8 Å². The van der Waals surface area contributed by atoms with Crippen molar-refractivity contribution in [2.45, 2.75) is 33.6 Å². The van der Waals surface area contributed by atoms with Crippen LogP contribution in [0.1, 0.15) is 30.2 Å². The van der Waals surface area contributed by atoms with Gasteiger partial charge in [0, 0.05) is 16.8 Å². The van der Waals surface area contributed by atoms with Crippen LogP contribution < -0.4 is 5.73 Å². The molecule has 1 aromatic heterocycles. The van der Waals surface area contributed by atoms with E-state index in [0.29, 0.717) is 0 Å². The lowest BCUT2D eigenvalue weighted by Crippen LogP contribution is -1.98. The molecule has 2 rings (SSSR count). The van der Waals surface area contributed by atoms with Crippen LogP contribution in [0.15, 0.2) is 18.2 Å². The van der Waals surface area contributed by atoms with Crippen molar-refractivity contribution in [1.82, 2.24) is 4.98 Å². The summed E-state index contributed by atoms with van der Waals surface area (Å²) in [4.78, 5) is 4.71. The minimum atomic E-state index is 0.844. The van der Waals surface area contributed by atoms with E-state index in [-0.39, 0.29) is 0 Å². The molecule has 0 radical (unpaired) electrons. The molecular formula is C14H18N2. The molecule has 0 amide bonds. The van der Waals surface area contributed by atoms with Crippen LogP contribution in [0.5, 0.6) is 0 Å². The summed E-state index contributed by atoms with van der Waals surface area (Å²) in [5.74, 6) is 0. The fourth-order valence-corrected chi connectivity index (χ4v) is 2.00. The van der Waals surface area contributed by atoms with Crippen LogP contribution in [0.2, 0.25) is 0 Å². The Balaban J connectivity index is 2.73. The molecule has 2 aromatic rings. The van der Waals surface area contributed by atoms with Gasteiger partial charge in [0.2, 0.25) is 0 Å². The van der Waals surface area contributed by atoms with Crippen LogP contribution in [0.4, 0.5) is 5.69 Å². The molecule has 0 spiro atoms. The smallest absolute Gasteiger partial charge is 0.0757 e.